The molecule has 2 aromatic heterocycles. The van der Waals surface area contributed by atoms with Crippen LogP contribution in [0.2, 0.25) is 0 Å². The first-order valence-electron chi connectivity index (χ1n) is 10.6. The molecular formula is C26H22N4O2S. The summed E-state index contributed by atoms with van der Waals surface area (Å²) < 4.78 is 2.02. The molecule has 0 aliphatic carbocycles. The Labute approximate surface area is 197 Å². The second kappa shape index (κ2) is 8.52. The molecule has 2 aromatic carbocycles. The number of rotatable bonds is 5. The maximum absolute atomic E-state index is 11.6. The molecule has 0 spiro atoms. The van der Waals surface area contributed by atoms with Crippen LogP contribution in [0.4, 0.5) is 5.69 Å². The Bertz CT molecular complexity index is 1320. The molecule has 1 aliphatic rings. The molecule has 0 saturated carbocycles. The van der Waals surface area contributed by atoms with E-state index in [1.807, 2.05) is 47.2 Å². The topological polar surface area (TPSA) is 70.4 Å². The summed E-state index contributed by atoms with van der Waals surface area (Å²) in [7, 11) is 0. The van der Waals surface area contributed by atoms with Crippen LogP contribution < -0.4 is 10.2 Å². The van der Waals surface area contributed by atoms with Crippen molar-refractivity contribution >= 4 is 29.0 Å². The molecule has 2 atom stereocenters. The van der Waals surface area contributed by atoms with Gasteiger partial charge in [-0.25, -0.2) is 4.79 Å². The maximum Gasteiger partial charge on any atom is 0.335 e. The third-order valence-corrected chi connectivity index (χ3v) is 6.18. The van der Waals surface area contributed by atoms with Crippen molar-refractivity contribution < 1.29 is 9.90 Å². The van der Waals surface area contributed by atoms with Crippen LogP contribution in [0.25, 0.3) is 5.69 Å². The number of anilines is 1. The average Bonchev–Trinajstić information content (AvgIpc) is 3.44. The van der Waals surface area contributed by atoms with Gasteiger partial charge in [-0.1, -0.05) is 29.8 Å². The fourth-order valence-corrected chi connectivity index (χ4v) is 4.64. The number of carbonyl (C=O) groups is 1. The van der Waals surface area contributed by atoms with Gasteiger partial charge in [0.2, 0.25) is 0 Å². The second-order valence-electron chi connectivity index (χ2n) is 7.99. The lowest BCUT2D eigenvalue weighted by atomic mass is 10.0. The van der Waals surface area contributed by atoms with E-state index in [2.05, 4.69) is 46.4 Å². The van der Waals surface area contributed by atoms with Crippen LogP contribution in [0.3, 0.4) is 0 Å². The van der Waals surface area contributed by atoms with Crippen LogP contribution in [0.5, 0.6) is 0 Å². The van der Waals surface area contributed by atoms with Crippen LogP contribution >= 0.6 is 12.2 Å². The second-order valence-corrected chi connectivity index (χ2v) is 8.38. The van der Waals surface area contributed by atoms with Crippen molar-refractivity contribution in [2.45, 2.75) is 19.0 Å². The highest BCUT2D eigenvalue weighted by Gasteiger charge is 2.42. The highest BCUT2D eigenvalue weighted by atomic mass is 32.1. The Morgan fingerprint density at radius 3 is 2.55 bits per heavy atom. The van der Waals surface area contributed by atoms with E-state index in [4.69, 9.17) is 12.2 Å². The molecule has 2 N–H and O–H groups in total. The van der Waals surface area contributed by atoms with E-state index >= 15 is 0 Å². The lowest BCUT2D eigenvalue weighted by molar-refractivity contribution is 0.0697. The van der Waals surface area contributed by atoms with Gasteiger partial charge in [0.05, 0.1) is 17.3 Å². The predicted octanol–water partition coefficient (Wildman–Crippen LogP) is 5.06. The van der Waals surface area contributed by atoms with Crippen molar-refractivity contribution in [2.75, 3.05) is 4.90 Å². The molecule has 0 bridgehead atoms. The van der Waals surface area contributed by atoms with Gasteiger partial charge in [0.25, 0.3) is 0 Å². The number of nitrogens with one attached hydrogen (secondary N) is 1. The fraction of sp³-hybridized carbons (Fsp3) is 0.115. The van der Waals surface area contributed by atoms with Gasteiger partial charge in [-0.3, -0.25) is 4.98 Å². The normalized spacial score (nSPS) is 17.7. The molecule has 0 unspecified atom stereocenters. The van der Waals surface area contributed by atoms with Crippen molar-refractivity contribution in [3.63, 3.8) is 0 Å². The van der Waals surface area contributed by atoms with E-state index in [0.717, 1.165) is 22.8 Å². The summed E-state index contributed by atoms with van der Waals surface area (Å²) in [4.78, 5) is 18.3. The van der Waals surface area contributed by atoms with Gasteiger partial charge >= 0.3 is 5.97 Å². The quantitative estimate of drug-likeness (QED) is 0.411. The summed E-state index contributed by atoms with van der Waals surface area (Å²) >= 11 is 5.80. The number of carboxylic acids is 1. The molecule has 6 nitrogen and oxygen atoms in total. The van der Waals surface area contributed by atoms with Gasteiger partial charge < -0.3 is 19.9 Å². The lowest BCUT2D eigenvalue weighted by Crippen LogP contribution is -2.30. The van der Waals surface area contributed by atoms with E-state index in [9.17, 15) is 9.90 Å². The van der Waals surface area contributed by atoms with Crippen molar-refractivity contribution in [1.82, 2.24) is 14.9 Å². The number of nitrogens with zero attached hydrogens (tertiary/aromatic N) is 3. The van der Waals surface area contributed by atoms with Gasteiger partial charge in [0.1, 0.15) is 6.04 Å². The number of hydrogen-bond donors (Lipinski definition) is 2. The summed E-state index contributed by atoms with van der Waals surface area (Å²) in [5, 5.41) is 13.6. The first-order valence-corrected chi connectivity index (χ1v) is 11.0. The zero-order valence-corrected chi connectivity index (χ0v) is 18.7. The minimum Gasteiger partial charge on any atom is -0.478 e. The minimum absolute atomic E-state index is 0.184. The van der Waals surface area contributed by atoms with E-state index in [-0.39, 0.29) is 17.6 Å². The first kappa shape index (κ1) is 20.9. The SMILES string of the molecule is Cc1ccc(N2C(=S)N[C@H](c3ccccn3)[C@H]2c2cccn2-c2cccc(C(=O)O)c2)cc1. The van der Waals surface area contributed by atoms with Crippen molar-refractivity contribution in [3.8, 4) is 5.69 Å². The summed E-state index contributed by atoms with van der Waals surface area (Å²) in [5.41, 5.74) is 5.02. The summed E-state index contributed by atoms with van der Waals surface area (Å²) in [6.45, 7) is 2.05. The Morgan fingerprint density at radius 2 is 1.82 bits per heavy atom. The van der Waals surface area contributed by atoms with Crippen molar-refractivity contribution in [2.24, 2.45) is 0 Å². The zero-order valence-electron chi connectivity index (χ0n) is 17.9. The largest absolute Gasteiger partial charge is 0.478 e. The highest BCUT2D eigenvalue weighted by Crippen LogP contribution is 2.42. The molecule has 5 rings (SSSR count). The average molecular weight is 455 g/mol. The van der Waals surface area contributed by atoms with Crippen LogP contribution in [0, 0.1) is 6.92 Å². The van der Waals surface area contributed by atoms with Crippen LogP contribution in [-0.4, -0.2) is 25.7 Å². The summed E-state index contributed by atoms with van der Waals surface area (Å²) in [6.07, 6.45) is 3.72. The molecule has 1 saturated heterocycles. The number of hydrogen-bond acceptors (Lipinski definition) is 3. The third-order valence-electron chi connectivity index (χ3n) is 5.86. The van der Waals surface area contributed by atoms with Gasteiger partial charge in [-0.15, -0.1) is 0 Å². The fourth-order valence-electron chi connectivity index (χ4n) is 4.30. The highest BCUT2D eigenvalue weighted by molar-refractivity contribution is 7.80. The van der Waals surface area contributed by atoms with Crippen molar-refractivity contribution in [3.05, 3.63) is 114 Å². The number of aryl methyl sites for hydroxylation is 1. The number of benzene rings is 2. The molecule has 4 aromatic rings. The van der Waals surface area contributed by atoms with Gasteiger partial charge in [-0.05, 0) is 73.7 Å². The smallest absolute Gasteiger partial charge is 0.335 e. The molecule has 7 heteroatoms. The van der Waals surface area contributed by atoms with Crippen LogP contribution in [0.15, 0.2) is 91.3 Å². The molecule has 1 fully saturated rings. The molecule has 0 amide bonds. The molecule has 164 valence electrons. The zero-order chi connectivity index (χ0) is 22.9. The predicted molar refractivity (Wildman–Crippen MR) is 132 cm³/mol. The standard InChI is InChI=1S/C26H22N4O2S/c1-17-10-12-19(13-11-17)30-24(23(28-26(30)33)21-8-2-3-14-27-21)22-9-5-15-29(22)20-7-4-6-18(16-20)25(31)32/h2-16,23-24H,1H3,(H,28,33)(H,31,32)/t23-,24-/m1/s1. The van der Waals surface area contributed by atoms with Gasteiger partial charge in [0, 0.05) is 29.5 Å². The van der Waals surface area contributed by atoms with E-state index < -0.39 is 5.97 Å². The Hall–Kier alpha value is -3.97. The Morgan fingerprint density at radius 1 is 1.00 bits per heavy atom. The monoisotopic (exact) mass is 454 g/mol. The Kier molecular flexibility index (Phi) is 5.40. The minimum atomic E-state index is -0.957. The summed E-state index contributed by atoms with van der Waals surface area (Å²) in [5.74, 6) is -0.957. The lowest BCUT2D eigenvalue weighted by Gasteiger charge is -2.29. The number of pyridine rings is 1. The number of aromatic carboxylic acids is 1. The van der Waals surface area contributed by atoms with E-state index in [1.165, 1.54) is 5.56 Å². The van der Waals surface area contributed by atoms with E-state index in [1.54, 1.807) is 24.4 Å². The Balaban J connectivity index is 1.66. The number of aromatic nitrogens is 2. The van der Waals surface area contributed by atoms with Crippen LogP contribution in [0.1, 0.15) is 39.4 Å². The molecule has 1 aliphatic heterocycles. The van der Waals surface area contributed by atoms with Crippen LogP contribution in [-0.2, 0) is 0 Å². The molecule has 33 heavy (non-hydrogen) atoms. The van der Waals surface area contributed by atoms with Gasteiger partial charge in [0.15, 0.2) is 5.11 Å². The molecular weight excluding hydrogens is 432 g/mol. The number of carboxylic acid groups (broad SMARTS) is 1. The maximum atomic E-state index is 11.6. The molecule has 3 heterocycles. The first-order chi connectivity index (χ1) is 16.0. The number of thiocarbonyl (C=S) groups is 1. The third kappa shape index (κ3) is 3.87. The summed E-state index contributed by atoms with van der Waals surface area (Å²) in [6, 6.07) is 24.7. The molecule has 0 radical (unpaired) electrons. The van der Waals surface area contributed by atoms with Gasteiger partial charge in [-0.2, -0.15) is 0 Å². The van der Waals surface area contributed by atoms with Crippen molar-refractivity contribution in [1.29, 1.82) is 0 Å². The van der Waals surface area contributed by atoms with E-state index in [0.29, 0.717) is 5.11 Å².